The molecular weight excluding hydrogens is 254 g/mol. The molecule has 0 aromatic heterocycles. The Morgan fingerprint density at radius 3 is 2.63 bits per heavy atom. The van der Waals surface area contributed by atoms with E-state index in [0.717, 1.165) is 12.8 Å². The summed E-state index contributed by atoms with van der Waals surface area (Å²) < 4.78 is 4.62. The summed E-state index contributed by atoms with van der Waals surface area (Å²) >= 11 is 0. The van der Waals surface area contributed by atoms with E-state index in [-0.39, 0.29) is 25.6 Å². The van der Waals surface area contributed by atoms with E-state index >= 15 is 0 Å². The molecule has 0 radical (unpaired) electrons. The summed E-state index contributed by atoms with van der Waals surface area (Å²) in [6, 6.07) is 0. The lowest BCUT2D eigenvalue weighted by Gasteiger charge is -2.09. The molecule has 0 bridgehead atoms. The Labute approximate surface area is 112 Å². The summed E-state index contributed by atoms with van der Waals surface area (Å²) in [5.41, 5.74) is 0. The Balaban J connectivity index is 3.44. The minimum Gasteiger partial charge on any atom is -0.481 e. The van der Waals surface area contributed by atoms with Crippen molar-refractivity contribution in [2.75, 3.05) is 20.4 Å². The van der Waals surface area contributed by atoms with Gasteiger partial charge in [-0.2, -0.15) is 0 Å². The third-order valence-corrected chi connectivity index (χ3v) is 2.18. The number of unbranched alkanes of at least 4 members (excludes halogenated alkanes) is 2. The van der Waals surface area contributed by atoms with Crippen LogP contribution in [0.1, 0.15) is 39.0 Å². The van der Waals surface area contributed by atoms with E-state index in [1.807, 2.05) is 0 Å². The van der Waals surface area contributed by atoms with Gasteiger partial charge in [0.2, 0.25) is 0 Å². The number of nitrogens with zero attached hydrogens (tertiary/aromatic N) is 3. The van der Waals surface area contributed by atoms with E-state index in [0.29, 0.717) is 13.0 Å². The first-order chi connectivity index (χ1) is 9.06. The van der Waals surface area contributed by atoms with Crippen molar-refractivity contribution in [3.8, 4) is 0 Å². The summed E-state index contributed by atoms with van der Waals surface area (Å²) in [6.07, 6.45) is 2.78. The number of aliphatic carboxylic acids is 1. The van der Waals surface area contributed by atoms with Crippen molar-refractivity contribution in [1.82, 2.24) is 5.01 Å². The molecule has 8 nitrogen and oxygen atoms in total. The van der Waals surface area contributed by atoms with Gasteiger partial charge in [-0.05, 0) is 18.1 Å². The first-order valence-corrected chi connectivity index (χ1v) is 6.17. The van der Waals surface area contributed by atoms with E-state index in [9.17, 15) is 9.59 Å². The molecule has 0 aliphatic rings. The quantitative estimate of drug-likeness (QED) is 0.203. The molecule has 0 aliphatic heterocycles. The molecule has 0 atom stereocenters. The Kier molecular flexibility index (Phi) is 10.1. The van der Waals surface area contributed by atoms with Gasteiger partial charge < -0.3 is 14.7 Å². The number of carboxylic acid groups (broad SMARTS) is 1. The summed E-state index contributed by atoms with van der Waals surface area (Å²) in [7, 11) is 1.72. The zero-order valence-corrected chi connectivity index (χ0v) is 11.4. The third kappa shape index (κ3) is 12.4. The highest BCUT2D eigenvalue weighted by Crippen LogP contribution is 2.01. The zero-order chi connectivity index (χ0) is 14.5. The maximum atomic E-state index is 10.7. The first kappa shape index (κ1) is 17.1. The average molecular weight is 275 g/mol. The lowest BCUT2D eigenvalue weighted by atomic mass is 10.2. The summed E-state index contributed by atoms with van der Waals surface area (Å²) in [4.78, 5) is 25.6. The number of hydrogen-bond donors (Lipinski definition) is 1. The number of hydrogen-bond acceptors (Lipinski definition) is 6. The molecule has 0 rings (SSSR count). The highest BCUT2D eigenvalue weighted by atomic mass is 16.8. The van der Waals surface area contributed by atoms with Crippen LogP contribution in [0, 0.1) is 0 Å². The predicted octanol–water partition coefficient (Wildman–Crippen LogP) is 1.77. The molecule has 0 saturated carbocycles. The van der Waals surface area contributed by atoms with Crippen molar-refractivity contribution in [2.45, 2.75) is 39.0 Å². The van der Waals surface area contributed by atoms with Crippen molar-refractivity contribution in [3.05, 3.63) is 0 Å². The summed E-state index contributed by atoms with van der Waals surface area (Å²) in [5.74, 6) is -1.13. The van der Waals surface area contributed by atoms with Crippen LogP contribution in [-0.2, 0) is 19.2 Å². The zero-order valence-electron chi connectivity index (χ0n) is 11.4. The molecule has 0 fully saturated rings. The Hall–Kier alpha value is -1.86. The van der Waals surface area contributed by atoms with Crippen LogP contribution >= 0.6 is 0 Å². The molecule has 19 heavy (non-hydrogen) atoms. The normalized spacial score (nSPS) is 10.4. The average Bonchev–Trinajstić information content (AvgIpc) is 2.37. The molecule has 0 amide bonds. The second-order valence-corrected chi connectivity index (χ2v) is 3.87. The highest BCUT2D eigenvalue weighted by molar-refractivity contribution is 5.68. The molecule has 0 aliphatic carbocycles. The van der Waals surface area contributed by atoms with E-state index in [1.54, 1.807) is 19.0 Å². The van der Waals surface area contributed by atoms with Gasteiger partial charge in [-0.25, -0.2) is 0 Å². The topological polar surface area (TPSA) is 101 Å². The van der Waals surface area contributed by atoms with Crippen molar-refractivity contribution < 1.29 is 24.3 Å². The predicted molar refractivity (Wildman–Crippen MR) is 65.9 cm³/mol. The molecule has 0 heterocycles. The Bertz CT molecular complexity index is 296. The molecule has 0 spiro atoms. The fourth-order valence-corrected chi connectivity index (χ4v) is 1.14. The summed E-state index contributed by atoms with van der Waals surface area (Å²) in [6.45, 7) is 2.09. The Morgan fingerprint density at radius 1 is 1.26 bits per heavy atom. The molecular formula is C11H21N3O5. The first-order valence-electron chi connectivity index (χ1n) is 6.17. The van der Waals surface area contributed by atoms with Gasteiger partial charge in [0.1, 0.15) is 0 Å². The van der Waals surface area contributed by atoms with Crippen LogP contribution in [0.4, 0.5) is 0 Å². The van der Waals surface area contributed by atoms with Gasteiger partial charge >= 0.3 is 11.9 Å². The SMILES string of the molecule is CCC(=O)OCO/N=N\N(C)CCCCCC(=O)O. The van der Waals surface area contributed by atoms with Crippen molar-refractivity contribution >= 4 is 11.9 Å². The maximum Gasteiger partial charge on any atom is 0.308 e. The lowest BCUT2D eigenvalue weighted by Crippen LogP contribution is -2.12. The molecule has 8 heteroatoms. The van der Waals surface area contributed by atoms with Gasteiger partial charge in [-0.3, -0.25) is 14.6 Å². The van der Waals surface area contributed by atoms with Crippen molar-refractivity contribution in [1.29, 1.82) is 0 Å². The minimum atomic E-state index is -0.775. The van der Waals surface area contributed by atoms with E-state index in [1.165, 1.54) is 0 Å². The maximum absolute atomic E-state index is 10.7. The van der Waals surface area contributed by atoms with Crippen LogP contribution in [0.5, 0.6) is 0 Å². The third-order valence-electron chi connectivity index (χ3n) is 2.18. The molecule has 1 N–H and O–H groups in total. The number of carboxylic acids is 1. The van der Waals surface area contributed by atoms with Gasteiger partial charge in [0, 0.05) is 31.7 Å². The fraction of sp³-hybridized carbons (Fsp3) is 0.818. The molecule has 0 unspecified atom stereocenters. The van der Waals surface area contributed by atoms with Crippen LogP contribution in [0.25, 0.3) is 0 Å². The van der Waals surface area contributed by atoms with Gasteiger partial charge in [0.25, 0.3) is 6.79 Å². The van der Waals surface area contributed by atoms with Crippen molar-refractivity contribution in [3.63, 3.8) is 0 Å². The van der Waals surface area contributed by atoms with Gasteiger partial charge in [0.15, 0.2) is 0 Å². The summed E-state index contributed by atoms with van der Waals surface area (Å²) in [5, 5.41) is 17.1. The van der Waals surface area contributed by atoms with Gasteiger partial charge in [0.05, 0.1) is 0 Å². The monoisotopic (exact) mass is 275 g/mol. The standard InChI is InChI=1S/C11H21N3O5/c1-3-11(17)18-9-19-13-12-14(2)8-6-4-5-7-10(15)16/h3-9H2,1-2H3,(H,15,16)/b13-12-. The van der Waals surface area contributed by atoms with Crippen LogP contribution in [0.15, 0.2) is 10.5 Å². The Morgan fingerprint density at radius 2 is 2.00 bits per heavy atom. The van der Waals surface area contributed by atoms with E-state index in [4.69, 9.17) is 5.11 Å². The number of esters is 1. The fourth-order valence-electron chi connectivity index (χ4n) is 1.14. The smallest absolute Gasteiger partial charge is 0.308 e. The van der Waals surface area contributed by atoms with Crippen LogP contribution in [-0.4, -0.2) is 42.4 Å². The van der Waals surface area contributed by atoms with Crippen LogP contribution in [0.3, 0.4) is 0 Å². The minimum absolute atomic E-state index is 0.192. The van der Waals surface area contributed by atoms with E-state index < -0.39 is 5.97 Å². The lowest BCUT2D eigenvalue weighted by molar-refractivity contribution is -0.157. The van der Waals surface area contributed by atoms with Gasteiger partial charge in [-0.1, -0.05) is 13.3 Å². The number of rotatable bonds is 11. The van der Waals surface area contributed by atoms with Crippen LogP contribution < -0.4 is 0 Å². The second kappa shape index (κ2) is 11.2. The second-order valence-electron chi connectivity index (χ2n) is 3.87. The largest absolute Gasteiger partial charge is 0.481 e. The molecule has 110 valence electrons. The molecule has 0 aromatic carbocycles. The highest BCUT2D eigenvalue weighted by Gasteiger charge is 1.99. The van der Waals surface area contributed by atoms with E-state index in [2.05, 4.69) is 20.1 Å². The number of carbonyl (C=O) groups is 2. The van der Waals surface area contributed by atoms with Crippen molar-refractivity contribution in [2.24, 2.45) is 10.5 Å². The number of ether oxygens (including phenoxy) is 1. The van der Waals surface area contributed by atoms with Gasteiger partial charge in [-0.15, -0.1) is 0 Å². The molecule has 0 aromatic rings. The number of carbonyl (C=O) groups excluding carboxylic acids is 1. The van der Waals surface area contributed by atoms with Crippen LogP contribution in [0.2, 0.25) is 0 Å². The molecule has 0 saturated heterocycles.